The zero-order chi connectivity index (χ0) is 22.7. The molecule has 3 rings (SSSR count). The Hall–Kier alpha value is -2.45. The molecular formula is C22H33N4O5. The van der Waals surface area contributed by atoms with Crippen molar-refractivity contribution in [3.63, 3.8) is 0 Å². The van der Waals surface area contributed by atoms with Crippen LogP contribution in [-0.2, 0) is 24.0 Å². The molecule has 0 spiro atoms. The number of hydrogen-bond acceptors (Lipinski definition) is 5. The van der Waals surface area contributed by atoms with Gasteiger partial charge in [0.25, 0.3) is 0 Å². The van der Waals surface area contributed by atoms with Crippen molar-refractivity contribution in [2.75, 3.05) is 13.1 Å². The number of primary amides is 1. The highest BCUT2D eigenvalue weighted by Crippen LogP contribution is 2.33. The van der Waals surface area contributed by atoms with Gasteiger partial charge in [0.15, 0.2) is 5.78 Å². The molecule has 3 aliphatic rings. The van der Waals surface area contributed by atoms with E-state index in [1.807, 2.05) is 0 Å². The summed E-state index contributed by atoms with van der Waals surface area (Å²) in [5, 5.41) is 2.83. The van der Waals surface area contributed by atoms with E-state index in [9.17, 15) is 24.0 Å². The summed E-state index contributed by atoms with van der Waals surface area (Å²) >= 11 is 0. The third kappa shape index (κ3) is 5.07. The minimum absolute atomic E-state index is 0.0432. The van der Waals surface area contributed by atoms with E-state index in [2.05, 4.69) is 5.32 Å². The van der Waals surface area contributed by atoms with Crippen molar-refractivity contribution < 1.29 is 24.0 Å². The van der Waals surface area contributed by atoms with Gasteiger partial charge in [-0.3, -0.25) is 24.0 Å². The largest absolute Gasteiger partial charge is 0.369 e. The standard InChI is InChI=1S/C22H33N4O5/c1-13(21(23)30)8-9-18(29)25-11-10-16-20(25)17(28)12-26(16)22(31)19(24-14(2)27)15-6-4-3-5-7-15/h9,13,15-16,19-20H,3-8,10-12H2,1-2H3,(H2,23,30)(H,24,27). The van der Waals surface area contributed by atoms with Crippen molar-refractivity contribution in [1.82, 2.24) is 15.1 Å². The van der Waals surface area contributed by atoms with Gasteiger partial charge in [-0.15, -0.1) is 0 Å². The number of likely N-dealkylation sites (tertiary alicyclic amines) is 2. The van der Waals surface area contributed by atoms with Crippen molar-refractivity contribution in [2.45, 2.75) is 76.9 Å². The number of carbonyl (C=O) groups is 5. The number of Topliss-reactive ketones (excluding diaryl/α,β-unsaturated/α-hetero) is 1. The zero-order valence-corrected chi connectivity index (χ0v) is 18.3. The molecule has 1 radical (unpaired) electrons. The first kappa shape index (κ1) is 23.2. The van der Waals surface area contributed by atoms with Crippen molar-refractivity contribution in [3.05, 3.63) is 6.42 Å². The number of fused-ring (bicyclic) bond motifs is 1. The van der Waals surface area contributed by atoms with E-state index in [0.29, 0.717) is 13.0 Å². The van der Waals surface area contributed by atoms with Crippen molar-refractivity contribution >= 4 is 29.4 Å². The number of ketones is 1. The molecule has 171 valence electrons. The lowest BCUT2D eigenvalue weighted by molar-refractivity contribution is -0.139. The van der Waals surface area contributed by atoms with Gasteiger partial charge in [-0.05, 0) is 31.6 Å². The van der Waals surface area contributed by atoms with Crippen molar-refractivity contribution in [2.24, 2.45) is 17.6 Å². The second-order valence-corrected chi connectivity index (χ2v) is 9.08. The molecular weight excluding hydrogens is 400 g/mol. The maximum atomic E-state index is 13.4. The van der Waals surface area contributed by atoms with Crippen LogP contribution in [0.15, 0.2) is 0 Å². The Morgan fingerprint density at radius 3 is 2.42 bits per heavy atom. The lowest BCUT2D eigenvalue weighted by Crippen LogP contribution is -2.54. The van der Waals surface area contributed by atoms with Crippen LogP contribution < -0.4 is 11.1 Å². The van der Waals surface area contributed by atoms with Gasteiger partial charge in [0, 0.05) is 19.4 Å². The number of nitrogens with one attached hydrogen (secondary N) is 1. The molecule has 31 heavy (non-hydrogen) atoms. The maximum Gasteiger partial charge on any atom is 0.246 e. The molecule has 0 aromatic rings. The summed E-state index contributed by atoms with van der Waals surface area (Å²) in [5.41, 5.74) is 5.25. The molecule has 1 aliphatic carbocycles. The molecule has 3 fully saturated rings. The van der Waals surface area contributed by atoms with Gasteiger partial charge in [-0.2, -0.15) is 0 Å². The van der Waals surface area contributed by atoms with E-state index in [0.717, 1.165) is 32.1 Å². The Bertz CT molecular complexity index is 748. The molecule has 0 aromatic heterocycles. The molecule has 4 amide bonds. The average molecular weight is 434 g/mol. The molecule has 4 atom stereocenters. The van der Waals surface area contributed by atoms with E-state index in [4.69, 9.17) is 5.73 Å². The molecule has 2 aliphatic heterocycles. The number of amides is 4. The second-order valence-electron chi connectivity index (χ2n) is 9.08. The summed E-state index contributed by atoms with van der Waals surface area (Å²) in [5.74, 6) is -1.82. The summed E-state index contributed by atoms with van der Waals surface area (Å²) in [6.45, 7) is 3.38. The van der Waals surface area contributed by atoms with Crippen LogP contribution in [0.25, 0.3) is 0 Å². The van der Waals surface area contributed by atoms with E-state index in [1.54, 1.807) is 11.8 Å². The molecule has 2 heterocycles. The monoisotopic (exact) mass is 433 g/mol. The predicted molar refractivity (Wildman–Crippen MR) is 112 cm³/mol. The highest BCUT2D eigenvalue weighted by molar-refractivity contribution is 6.00. The number of carbonyl (C=O) groups excluding carboxylic acids is 5. The van der Waals surface area contributed by atoms with Crippen LogP contribution in [0.2, 0.25) is 0 Å². The smallest absolute Gasteiger partial charge is 0.246 e. The Balaban J connectivity index is 1.69. The van der Waals surface area contributed by atoms with Gasteiger partial charge in [0.2, 0.25) is 23.6 Å². The number of nitrogens with zero attached hydrogens (tertiary/aromatic N) is 2. The normalized spacial score (nSPS) is 25.8. The van der Waals surface area contributed by atoms with E-state index in [1.165, 1.54) is 18.2 Å². The zero-order valence-electron chi connectivity index (χ0n) is 18.3. The quantitative estimate of drug-likeness (QED) is 0.591. The molecule has 2 saturated heterocycles. The third-order valence-corrected chi connectivity index (χ3v) is 6.87. The summed E-state index contributed by atoms with van der Waals surface area (Å²) in [7, 11) is 0. The summed E-state index contributed by atoms with van der Waals surface area (Å²) in [6.07, 6.45) is 7.08. The fraction of sp³-hybridized carbons (Fsp3) is 0.727. The Morgan fingerprint density at radius 2 is 1.81 bits per heavy atom. The lowest BCUT2D eigenvalue weighted by Gasteiger charge is -2.34. The molecule has 1 saturated carbocycles. The average Bonchev–Trinajstić information content (AvgIpc) is 3.31. The third-order valence-electron chi connectivity index (χ3n) is 6.87. The van der Waals surface area contributed by atoms with Crippen LogP contribution >= 0.6 is 0 Å². The van der Waals surface area contributed by atoms with Crippen LogP contribution in [0.1, 0.15) is 58.8 Å². The highest BCUT2D eigenvalue weighted by atomic mass is 16.2. The Labute approximate surface area is 183 Å². The molecule has 0 aromatic carbocycles. The first-order chi connectivity index (χ1) is 14.7. The summed E-state index contributed by atoms with van der Waals surface area (Å²) < 4.78 is 0. The van der Waals surface area contributed by atoms with Gasteiger partial charge < -0.3 is 20.9 Å². The number of hydrogen-bond donors (Lipinski definition) is 2. The van der Waals surface area contributed by atoms with E-state index < -0.39 is 23.9 Å². The van der Waals surface area contributed by atoms with Gasteiger partial charge >= 0.3 is 0 Å². The molecule has 4 unspecified atom stereocenters. The van der Waals surface area contributed by atoms with Crippen LogP contribution in [-0.4, -0.2) is 70.4 Å². The molecule has 0 bridgehead atoms. The van der Waals surface area contributed by atoms with Crippen LogP contribution in [0.4, 0.5) is 0 Å². The van der Waals surface area contributed by atoms with Crippen LogP contribution in [0.3, 0.4) is 0 Å². The molecule has 9 heteroatoms. The van der Waals surface area contributed by atoms with Crippen LogP contribution in [0.5, 0.6) is 0 Å². The minimum atomic E-state index is -0.666. The SMILES string of the molecule is CC(=O)NC(C(=O)N1CC(=O)C2C1CCN2C(=O)[CH]CC(C)C(N)=O)C1CCCCC1. The number of nitrogens with two attached hydrogens (primary N) is 1. The Morgan fingerprint density at radius 1 is 1.13 bits per heavy atom. The first-order valence-corrected chi connectivity index (χ1v) is 11.2. The predicted octanol–water partition coefficient (Wildman–Crippen LogP) is 0.168. The molecule has 3 N–H and O–H groups in total. The van der Waals surface area contributed by atoms with Crippen molar-refractivity contribution in [1.29, 1.82) is 0 Å². The topological polar surface area (TPSA) is 130 Å². The van der Waals surface area contributed by atoms with E-state index >= 15 is 0 Å². The lowest BCUT2D eigenvalue weighted by atomic mass is 9.83. The summed E-state index contributed by atoms with van der Waals surface area (Å²) in [4.78, 5) is 65.0. The van der Waals surface area contributed by atoms with Gasteiger partial charge in [-0.25, -0.2) is 0 Å². The fourth-order valence-corrected chi connectivity index (χ4v) is 5.12. The van der Waals surface area contributed by atoms with Gasteiger partial charge in [-0.1, -0.05) is 26.2 Å². The van der Waals surface area contributed by atoms with Gasteiger partial charge in [0.1, 0.15) is 12.1 Å². The van der Waals surface area contributed by atoms with Gasteiger partial charge in [0.05, 0.1) is 19.0 Å². The maximum absolute atomic E-state index is 13.4. The molecule has 9 nitrogen and oxygen atoms in total. The minimum Gasteiger partial charge on any atom is -0.369 e. The first-order valence-electron chi connectivity index (χ1n) is 11.2. The fourth-order valence-electron chi connectivity index (χ4n) is 5.12. The van der Waals surface area contributed by atoms with E-state index in [-0.39, 0.29) is 48.4 Å². The second kappa shape index (κ2) is 9.78. The number of rotatable bonds is 7. The summed E-state index contributed by atoms with van der Waals surface area (Å²) in [6, 6.07) is -1.66. The Kier molecular flexibility index (Phi) is 7.33. The van der Waals surface area contributed by atoms with Crippen LogP contribution in [0, 0.1) is 18.3 Å². The highest BCUT2D eigenvalue weighted by Gasteiger charge is 2.52. The van der Waals surface area contributed by atoms with Crippen molar-refractivity contribution in [3.8, 4) is 0 Å².